The highest BCUT2D eigenvalue weighted by molar-refractivity contribution is 7.09. The number of rotatable bonds is 7. The van der Waals surface area contributed by atoms with Crippen molar-refractivity contribution in [1.82, 2.24) is 10.3 Å². The van der Waals surface area contributed by atoms with Crippen LogP contribution in [0.4, 0.5) is 0 Å². The first kappa shape index (κ1) is 19.4. The van der Waals surface area contributed by atoms with Gasteiger partial charge in [0.05, 0.1) is 12.1 Å². The molecule has 0 radical (unpaired) electrons. The SMILES string of the molecule is Cc1ccc(CNC(=O)Cc2csc(COc3ccc(Cl)cc3)n2)c(C)c1. The second kappa shape index (κ2) is 9.02. The highest BCUT2D eigenvalue weighted by atomic mass is 35.5. The molecule has 6 heteroatoms. The van der Waals surface area contributed by atoms with Gasteiger partial charge in [-0.05, 0) is 49.2 Å². The molecular weight excluding hydrogens is 380 g/mol. The minimum absolute atomic E-state index is 0.0366. The monoisotopic (exact) mass is 400 g/mol. The summed E-state index contributed by atoms with van der Waals surface area (Å²) < 4.78 is 5.68. The number of amides is 1. The van der Waals surface area contributed by atoms with Gasteiger partial charge in [0.1, 0.15) is 17.4 Å². The third-order valence-electron chi connectivity index (χ3n) is 4.09. The molecule has 0 atom stereocenters. The molecule has 1 amide bonds. The van der Waals surface area contributed by atoms with E-state index in [1.54, 1.807) is 12.1 Å². The number of ether oxygens (including phenoxy) is 1. The molecule has 2 aromatic carbocycles. The largest absolute Gasteiger partial charge is 0.486 e. The second-order valence-electron chi connectivity index (χ2n) is 6.36. The van der Waals surface area contributed by atoms with Gasteiger partial charge in [0.15, 0.2) is 0 Å². The third kappa shape index (κ3) is 5.81. The molecule has 0 saturated heterocycles. The van der Waals surface area contributed by atoms with Crippen molar-refractivity contribution in [3.8, 4) is 5.75 Å². The number of nitrogens with one attached hydrogen (secondary N) is 1. The van der Waals surface area contributed by atoms with E-state index in [0.717, 1.165) is 22.0 Å². The van der Waals surface area contributed by atoms with Crippen molar-refractivity contribution < 1.29 is 9.53 Å². The maximum absolute atomic E-state index is 12.2. The molecule has 27 heavy (non-hydrogen) atoms. The highest BCUT2D eigenvalue weighted by Crippen LogP contribution is 2.18. The van der Waals surface area contributed by atoms with Gasteiger partial charge >= 0.3 is 0 Å². The van der Waals surface area contributed by atoms with E-state index in [9.17, 15) is 4.79 Å². The zero-order chi connectivity index (χ0) is 19.2. The Labute approximate surface area is 168 Å². The van der Waals surface area contributed by atoms with Crippen molar-refractivity contribution in [1.29, 1.82) is 0 Å². The van der Waals surface area contributed by atoms with Crippen LogP contribution in [0.15, 0.2) is 47.8 Å². The topological polar surface area (TPSA) is 51.2 Å². The average molecular weight is 401 g/mol. The molecular formula is C21H21ClN2O2S. The smallest absolute Gasteiger partial charge is 0.226 e. The van der Waals surface area contributed by atoms with Crippen LogP contribution in [0.3, 0.4) is 0 Å². The van der Waals surface area contributed by atoms with Crippen molar-refractivity contribution >= 4 is 28.8 Å². The fourth-order valence-electron chi connectivity index (χ4n) is 2.64. The van der Waals surface area contributed by atoms with Gasteiger partial charge in [-0.3, -0.25) is 4.79 Å². The molecule has 1 aromatic heterocycles. The summed E-state index contributed by atoms with van der Waals surface area (Å²) in [6.45, 7) is 5.02. The summed E-state index contributed by atoms with van der Waals surface area (Å²) >= 11 is 7.35. The molecule has 0 aliphatic rings. The molecule has 0 saturated carbocycles. The molecule has 0 aliphatic heterocycles. The van der Waals surface area contributed by atoms with Gasteiger partial charge < -0.3 is 10.1 Å². The Balaban J connectivity index is 1.48. The van der Waals surface area contributed by atoms with E-state index < -0.39 is 0 Å². The normalized spacial score (nSPS) is 10.6. The molecule has 0 bridgehead atoms. The van der Waals surface area contributed by atoms with Crippen molar-refractivity contribution in [2.75, 3.05) is 0 Å². The lowest BCUT2D eigenvalue weighted by Crippen LogP contribution is -2.25. The van der Waals surface area contributed by atoms with E-state index in [2.05, 4.69) is 42.3 Å². The highest BCUT2D eigenvalue weighted by Gasteiger charge is 2.09. The molecule has 3 rings (SSSR count). The molecule has 0 fully saturated rings. The number of aromatic nitrogens is 1. The van der Waals surface area contributed by atoms with Crippen LogP contribution in [-0.2, 0) is 24.4 Å². The summed E-state index contributed by atoms with van der Waals surface area (Å²) in [7, 11) is 0. The minimum atomic E-state index is -0.0366. The Morgan fingerprint density at radius 2 is 1.96 bits per heavy atom. The average Bonchev–Trinajstić information content (AvgIpc) is 3.08. The van der Waals surface area contributed by atoms with Gasteiger partial charge in [0.2, 0.25) is 5.91 Å². The van der Waals surface area contributed by atoms with Crippen LogP contribution in [0.5, 0.6) is 5.75 Å². The first-order chi connectivity index (χ1) is 13.0. The van der Waals surface area contributed by atoms with E-state index in [0.29, 0.717) is 18.2 Å². The fourth-order valence-corrected chi connectivity index (χ4v) is 3.47. The first-order valence-corrected chi connectivity index (χ1v) is 9.90. The standard InChI is InChI=1S/C21H21ClN2O2S/c1-14-3-4-16(15(2)9-14)11-23-20(25)10-18-13-27-21(24-18)12-26-19-7-5-17(22)6-8-19/h3-9,13H,10-12H2,1-2H3,(H,23,25). The maximum atomic E-state index is 12.2. The Morgan fingerprint density at radius 3 is 2.70 bits per heavy atom. The number of halogens is 1. The summed E-state index contributed by atoms with van der Waals surface area (Å²) in [5, 5.41) is 6.37. The number of benzene rings is 2. The lowest BCUT2D eigenvalue weighted by molar-refractivity contribution is -0.120. The lowest BCUT2D eigenvalue weighted by atomic mass is 10.1. The van der Waals surface area contributed by atoms with Crippen molar-refractivity contribution in [2.24, 2.45) is 0 Å². The predicted octanol–water partition coefficient (Wildman–Crippen LogP) is 4.85. The van der Waals surface area contributed by atoms with Gasteiger partial charge in [0, 0.05) is 16.9 Å². The molecule has 0 aliphatic carbocycles. The van der Waals surface area contributed by atoms with E-state index in [1.165, 1.54) is 22.5 Å². The first-order valence-electron chi connectivity index (χ1n) is 8.64. The molecule has 0 unspecified atom stereocenters. The van der Waals surface area contributed by atoms with Gasteiger partial charge in [-0.25, -0.2) is 4.98 Å². The van der Waals surface area contributed by atoms with Crippen molar-refractivity contribution in [3.63, 3.8) is 0 Å². The van der Waals surface area contributed by atoms with E-state index in [4.69, 9.17) is 16.3 Å². The molecule has 4 nitrogen and oxygen atoms in total. The Morgan fingerprint density at radius 1 is 1.19 bits per heavy atom. The van der Waals surface area contributed by atoms with Crippen LogP contribution in [0, 0.1) is 13.8 Å². The van der Waals surface area contributed by atoms with Crippen LogP contribution in [0.25, 0.3) is 0 Å². The van der Waals surface area contributed by atoms with Crippen LogP contribution >= 0.6 is 22.9 Å². The van der Waals surface area contributed by atoms with Crippen molar-refractivity contribution in [2.45, 2.75) is 33.4 Å². The molecule has 0 spiro atoms. The van der Waals surface area contributed by atoms with Crippen LogP contribution in [-0.4, -0.2) is 10.9 Å². The van der Waals surface area contributed by atoms with Gasteiger partial charge in [-0.1, -0.05) is 35.4 Å². The third-order valence-corrected chi connectivity index (χ3v) is 5.21. The summed E-state index contributed by atoms with van der Waals surface area (Å²) in [5.74, 6) is 0.702. The number of nitrogens with zero attached hydrogens (tertiary/aromatic N) is 1. The van der Waals surface area contributed by atoms with Gasteiger partial charge in [-0.2, -0.15) is 0 Å². The van der Waals surface area contributed by atoms with Crippen LogP contribution in [0.2, 0.25) is 5.02 Å². The molecule has 1 N–H and O–H groups in total. The predicted molar refractivity (Wildman–Crippen MR) is 109 cm³/mol. The lowest BCUT2D eigenvalue weighted by Gasteiger charge is -2.08. The van der Waals surface area contributed by atoms with Gasteiger partial charge in [-0.15, -0.1) is 11.3 Å². The molecule has 3 aromatic rings. The quantitative estimate of drug-likeness (QED) is 0.616. The zero-order valence-corrected chi connectivity index (χ0v) is 16.9. The number of carbonyl (C=O) groups is 1. The number of carbonyl (C=O) groups excluding carboxylic acids is 1. The summed E-state index contributed by atoms with van der Waals surface area (Å²) in [5.41, 5.74) is 4.29. The fraction of sp³-hybridized carbons (Fsp3) is 0.238. The number of aryl methyl sites for hydroxylation is 2. The second-order valence-corrected chi connectivity index (χ2v) is 7.74. The Hall–Kier alpha value is -2.37. The Kier molecular flexibility index (Phi) is 6.48. The van der Waals surface area contributed by atoms with E-state index in [-0.39, 0.29) is 12.3 Å². The van der Waals surface area contributed by atoms with E-state index >= 15 is 0 Å². The van der Waals surface area contributed by atoms with E-state index in [1.807, 2.05) is 17.5 Å². The number of hydrogen-bond acceptors (Lipinski definition) is 4. The zero-order valence-electron chi connectivity index (χ0n) is 15.3. The van der Waals surface area contributed by atoms with Crippen molar-refractivity contribution in [3.05, 3.63) is 80.3 Å². The minimum Gasteiger partial charge on any atom is -0.486 e. The summed E-state index contributed by atoms with van der Waals surface area (Å²) in [6.07, 6.45) is 0.266. The Bertz CT molecular complexity index is 922. The van der Waals surface area contributed by atoms with Crippen LogP contribution < -0.4 is 10.1 Å². The van der Waals surface area contributed by atoms with Gasteiger partial charge in [0.25, 0.3) is 0 Å². The number of hydrogen-bond donors (Lipinski definition) is 1. The summed E-state index contributed by atoms with van der Waals surface area (Å²) in [4.78, 5) is 16.7. The number of thiazole rings is 1. The molecule has 140 valence electrons. The molecule has 1 heterocycles. The van der Waals surface area contributed by atoms with Crippen LogP contribution in [0.1, 0.15) is 27.4 Å². The maximum Gasteiger partial charge on any atom is 0.226 e. The summed E-state index contributed by atoms with van der Waals surface area (Å²) in [6, 6.07) is 13.4.